The summed E-state index contributed by atoms with van der Waals surface area (Å²) in [5.41, 5.74) is 4.71. The monoisotopic (exact) mass is 291 g/mol. The molecule has 106 valence electrons. The molecule has 0 aromatic carbocycles. The number of alkyl halides is 1. The van der Waals surface area contributed by atoms with Crippen LogP contribution in [0.1, 0.15) is 26.5 Å². The molecule has 1 aromatic heterocycles. The molecule has 2 N–H and O–H groups in total. The van der Waals surface area contributed by atoms with Crippen molar-refractivity contribution in [2.45, 2.75) is 32.4 Å². The van der Waals surface area contributed by atoms with Gasteiger partial charge in [0, 0.05) is 12.6 Å². The zero-order valence-corrected chi connectivity index (χ0v) is 11.5. The number of rotatable bonds is 7. The molecule has 19 heavy (non-hydrogen) atoms. The van der Waals surface area contributed by atoms with Crippen LogP contribution >= 0.6 is 8.69 Å². The fraction of sp³-hybridized carbons (Fsp3) is 0.600. The van der Waals surface area contributed by atoms with E-state index in [0.717, 1.165) is 4.57 Å². The van der Waals surface area contributed by atoms with Gasteiger partial charge in [-0.25, -0.2) is 13.8 Å². The zero-order chi connectivity index (χ0) is 14.5. The van der Waals surface area contributed by atoms with Crippen molar-refractivity contribution in [1.82, 2.24) is 9.55 Å². The highest BCUT2D eigenvalue weighted by Crippen LogP contribution is 2.25. The predicted octanol–water partition coefficient (Wildman–Crippen LogP) is 1.66. The van der Waals surface area contributed by atoms with Crippen LogP contribution < -0.4 is 11.4 Å². The number of nitrogens with two attached hydrogens (primary N) is 1. The van der Waals surface area contributed by atoms with Crippen molar-refractivity contribution in [2.75, 3.05) is 12.3 Å². The van der Waals surface area contributed by atoms with Gasteiger partial charge in [0.05, 0.1) is 0 Å². The normalized spacial score (nSPS) is 16.2. The lowest BCUT2D eigenvalue weighted by molar-refractivity contribution is -0.212. The Labute approximate surface area is 110 Å². The average molecular weight is 291 g/mol. The number of aromatic nitrogens is 2. The van der Waals surface area contributed by atoms with Gasteiger partial charge >= 0.3 is 14.4 Å². The Balaban J connectivity index is 2.84. The molecule has 2 atom stereocenters. The lowest BCUT2D eigenvalue weighted by atomic mass is 10.2. The zero-order valence-electron chi connectivity index (χ0n) is 10.6. The first-order valence-corrected chi connectivity index (χ1v) is 6.31. The molecule has 0 amide bonds. The number of hydrogen-bond donors (Lipinski definition) is 1. The second kappa shape index (κ2) is 6.70. The van der Waals surface area contributed by atoms with E-state index in [1.165, 1.54) is 19.2 Å². The number of ether oxygens (including phenoxy) is 1. The fourth-order valence-corrected chi connectivity index (χ4v) is 1.65. The first kappa shape index (κ1) is 15.7. The van der Waals surface area contributed by atoms with Crippen LogP contribution in [-0.4, -0.2) is 22.0 Å². The largest absolute Gasteiger partial charge is 0.383 e. The molecular weight excluding hydrogens is 276 g/mol. The minimum absolute atomic E-state index is 0.0238. The molecule has 0 saturated carbocycles. The quantitative estimate of drug-likeness (QED) is 0.767. The van der Waals surface area contributed by atoms with Crippen molar-refractivity contribution in [1.29, 1.82) is 0 Å². The van der Waals surface area contributed by atoms with E-state index in [4.69, 9.17) is 10.5 Å². The Hall–Kier alpha value is -1.37. The summed E-state index contributed by atoms with van der Waals surface area (Å²) in [7, 11) is -0.635. The van der Waals surface area contributed by atoms with E-state index in [0.29, 0.717) is 0 Å². The number of anilines is 1. The molecule has 0 aliphatic heterocycles. The summed E-state index contributed by atoms with van der Waals surface area (Å²) in [5.74, 6) is -2.07. The van der Waals surface area contributed by atoms with Gasteiger partial charge in [0.15, 0.2) is 0 Å². The maximum atomic E-state index is 14.2. The third-order valence-corrected chi connectivity index (χ3v) is 2.72. The minimum atomic E-state index is -2.14. The van der Waals surface area contributed by atoms with Crippen molar-refractivity contribution in [3.8, 4) is 0 Å². The van der Waals surface area contributed by atoms with Crippen molar-refractivity contribution in [3.05, 3.63) is 22.7 Å². The standard InChI is InChI=1S/C10H15FN3O4P/c1-3-10(11,6-17-19-16)18-7(2)14-5-4-8(12)13-9(14)15/h4-5,7H,3,6H2,1-2H3,(H2,12,13,15)/t7-,10+/m1/s1. The highest BCUT2D eigenvalue weighted by Gasteiger charge is 2.32. The SMILES string of the molecule is CC[C@@](F)(COP=O)O[C@H](C)n1ccc(N)nc1=O. The van der Waals surface area contributed by atoms with Gasteiger partial charge in [0.1, 0.15) is 18.7 Å². The molecular formula is C10H15FN3O4P. The number of nitrogen functional groups attached to an aromatic ring is 1. The fourth-order valence-electron chi connectivity index (χ4n) is 1.41. The number of halogens is 1. The van der Waals surface area contributed by atoms with Crippen molar-refractivity contribution < 1.29 is 18.2 Å². The Kier molecular flexibility index (Phi) is 5.53. The molecule has 0 saturated heterocycles. The second-order valence-corrected chi connectivity index (χ2v) is 4.25. The van der Waals surface area contributed by atoms with Crippen LogP contribution in [0.3, 0.4) is 0 Å². The molecule has 1 aromatic rings. The highest BCUT2D eigenvalue weighted by atomic mass is 31.1. The van der Waals surface area contributed by atoms with Crippen molar-refractivity contribution in [3.63, 3.8) is 0 Å². The van der Waals surface area contributed by atoms with Crippen LogP contribution in [0.2, 0.25) is 0 Å². The van der Waals surface area contributed by atoms with E-state index in [1.807, 2.05) is 0 Å². The molecule has 9 heteroatoms. The summed E-state index contributed by atoms with van der Waals surface area (Å²) in [4.78, 5) is 15.1. The van der Waals surface area contributed by atoms with Crippen LogP contribution in [-0.2, 0) is 13.8 Å². The van der Waals surface area contributed by atoms with Crippen LogP contribution in [0.4, 0.5) is 10.2 Å². The first-order chi connectivity index (χ1) is 8.91. The summed E-state index contributed by atoms with van der Waals surface area (Å²) < 4.78 is 35.1. The topological polar surface area (TPSA) is 96.4 Å². The third-order valence-electron chi connectivity index (χ3n) is 2.49. The van der Waals surface area contributed by atoms with Gasteiger partial charge < -0.3 is 10.5 Å². The number of hydrogen-bond acceptors (Lipinski definition) is 6. The van der Waals surface area contributed by atoms with Crippen LogP contribution in [0.15, 0.2) is 17.1 Å². The van der Waals surface area contributed by atoms with Crippen LogP contribution in [0.5, 0.6) is 0 Å². The van der Waals surface area contributed by atoms with Crippen LogP contribution in [0.25, 0.3) is 0 Å². The predicted molar refractivity (Wildman–Crippen MR) is 66.4 cm³/mol. The third kappa shape index (κ3) is 4.34. The van der Waals surface area contributed by atoms with Gasteiger partial charge in [0.25, 0.3) is 0 Å². The van der Waals surface area contributed by atoms with Crippen molar-refractivity contribution >= 4 is 14.5 Å². The van der Waals surface area contributed by atoms with E-state index in [2.05, 4.69) is 9.51 Å². The molecule has 0 spiro atoms. The van der Waals surface area contributed by atoms with Gasteiger partial charge in [-0.2, -0.15) is 4.98 Å². The maximum Gasteiger partial charge on any atom is 0.351 e. The molecule has 0 bridgehead atoms. The molecule has 7 nitrogen and oxygen atoms in total. The summed E-state index contributed by atoms with van der Waals surface area (Å²) in [5, 5.41) is 0. The Morgan fingerprint density at radius 2 is 2.37 bits per heavy atom. The number of nitrogens with zero attached hydrogens (tertiary/aromatic N) is 2. The molecule has 0 aliphatic rings. The van der Waals surface area contributed by atoms with E-state index in [1.54, 1.807) is 6.92 Å². The Bertz CT molecular complexity index is 498. The highest BCUT2D eigenvalue weighted by molar-refractivity contribution is 7.17. The summed E-state index contributed by atoms with van der Waals surface area (Å²) in [6.45, 7) is 2.52. The van der Waals surface area contributed by atoms with Crippen LogP contribution in [0, 0.1) is 0 Å². The Morgan fingerprint density at radius 3 is 2.89 bits per heavy atom. The van der Waals surface area contributed by atoms with E-state index in [9.17, 15) is 13.8 Å². The van der Waals surface area contributed by atoms with Gasteiger partial charge in [-0.3, -0.25) is 9.09 Å². The summed E-state index contributed by atoms with van der Waals surface area (Å²) in [6.07, 6.45) is 0.430. The maximum absolute atomic E-state index is 14.2. The molecule has 0 aliphatic carbocycles. The molecule has 1 heterocycles. The van der Waals surface area contributed by atoms with Gasteiger partial charge in [-0.15, -0.1) is 0 Å². The minimum Gasteiger partial charge on any atom is -0.383 e. The first-order valence-electron chi connectivity index (χ1n) is 5.58. The van der Waals surface area contributed by atoms with E-state index in [-0.39, 0.29) is 12.2 Å². The second-order valence-electron chi connectivity index (χ2n) is 3.84. The molecule has 0 fully saturated rings. The lowest BCUT2D eigenvalue weighted by Gasteiger charge is -2.27. The summed E-state index contributed by atoms with van der Waals surface area (Å²) in [6, 6.07) is 1.40. The van der Waals surface area contributed by atoms with E-state index < -0.39 is 33.1 Å². The van der Waals surface area contributed by atoms with Gasteiger partial charge in [0.2, 0.25) is 5.85 Å². The van der Waals surface area contributed by atoms with Crippen molar-refractivity contribution in [2.24, 2.45) is 0 Å². The molecule has 0 unspecified atom stereocenters. The van der Waals surface area contributed by atoms with Gasteiger partial charge in [-0.05, 0) is 13.0 Å². The van der Waals surface area contributed by atoms with E-state index >= 15 is 0 Å². The average Bonchev–Trinajstić information content (AvgIpc) is 2.36. The Morgan fingerprint density at radius 1 is 1.68 bits per heavy atom. The lowest BCUT2D eigenvalue weighted by Crippen LogP contribution is -2.36. The smallest absolute Gasteiger partial charge is 0.351 e. The summed E-state index contributed by atoms with van der Waals surface area (Å²) >= 11 is 0. The van der Waals surface area contributed by atoms with Gasteiger partial charge in [-0.1, -0.05) is 6.92 Å². The molecule has 0 radical (unpaired) electrons. The molecule has 1 rings (SSSR count).